The van der Waals surface area contributed by atoms with Crippen LogP contribution in [-0.2, 0) is 17.5 Å². The Bertz CT molecular complexity index is 1350. The van der Waals surface area contributed by atoms with Crippen molar-refractivity contribution in [3.63, 3.8) is 0 Å². The van der Waals surface area contributed by atoms with Gasteiger partial charge >= 0.3 is 12.1 Å². The number of carbonyl (C=O) groups is 1. The van der Waals surface area contributed by atoms with Gasteiger partial charge in [-0.2, -0.15) is 13.2 Å². The summed E-state index contributed by atoms with van der Waals surface area (Å²) in [6.45, 7) is 1.36. The van der Waals surface area contributed by atoms with Gasteiger partial charge in [0.15, 0.2) is 0 Å². The van der Waals surface area contributed by atoms with Gasteiger partial charge in [-0.05, 0) is 24.6 Å². The highest BCUT2D eigenvalue weighted by molar-refractivity contribution is 5.97. The average molecular weight is 413 g/mol. The largest absolute Gasteiger partial charge is 0.456 e. The van der Waals surface area contributed by atoms with Crippen LogP contribution in [-0.4, -0.2) is 20.3 Å². The van der Waals surface area contributed by atoms with Gasteiger partial charge in [-0.3, -0.25) is 14.2 Å². The van der Waals surface area contributed by atoms with Gasteiger partial charge in [0.25, 0.3) is 5.56 Å². The third-order valence-electron chi connectivity index (χ3n) is 4.49. The Labute approximate surface area is 167 Å². The highest BCUT2D eigenvalue weighted by Gasteiger charge is 2.38. The van der Waals surface area contributed by atoms with E-state index in [-0.39, 0.29) is 16.6 Å². The van der Waals surface area contributed by atoms with Crippen molar-refractivity contribution in [1.82, 2.24) is 14.4 Å². The molecule has 0 bridgehead atoms. The fourth-order valence-corrected chi connectivity index (χ4v) is 3.15. The van der Waals surface area contributed by atoms with Crippen LogP contribution in [0.15, 0.2) is 59.7 Å². The Hall–Kier alpha value is -3.75. The maximum Gasteiger partial charge on any atom is 0.417 e. The Morgan fingerprint density at radius 1 is 1.17 bits per heavy atom. The number of ether oxygens (including phenoxy) is 1. The summed E-state index contributed by atoms with van der Waals surface area (Å²) in [4.78, 5) is 32.8. The minimum atomic E-state index is -4.78. The average Bonchev–Trinajstić information content (AvgIpc) is 2.71. The van der Waals surface area contributed by atoms with Gasteiger partial charge in [0.1, 0.15) is 12.3 Å². The first kappa shape index (κ1) is 19.6. The van der Waals surface area contributed by atoms with E-state index in [1.54, 1.807) is 24.4 Å². The molecule has 0 saturated carbocycles. The maximum atomic E-state index is 13.7. The molecule has 3 aromatic heterocycles. The lowest BCUT2D eigenvalue weighted by molar-refractivity contribution is -0.136. The van der Waals surface area contributed by atoms with Crippen LogP contribution in [0, 0.1) is 6.92 Å². The van der Waals surface area contributed by atoms with Gasteiger partial charge in [0.2, 0.25) is 0 Å². The molecule has 0 radical (unpaired) electrons. The quantitative estimate of drug-likeness (QED) is 0.476. The molecule has 3 heterocycles. The normalized spacial score (nSPS) is 11.7. The molecule has 0 atom stereocenters. The minimum absolute atomic E-state index is 0.112. The Morgan fingerprint density at radius 2 is 1.93 bits per heavy atom. The predicted molar refractivity (Wildman–Crippen MR) is 102 cm³/mol. The summed E-state index contributed by atoms with van der Waals surface area (Å²) < 4.78 is 47.4. The number of alkyl halides is 3. The predicted octanol–water partition coefficient (Wildman–Crippen LogP) is 3.93. The number of aromatic nitrogens is 3. The summed E-state index contributed by atoms with van der Waals surface area (Å²) >= 11 is 0. The number of hydrogen-bond donors (Lipinski definition) is 0. The van der Waals surface area contributed by atoms with E-state index >= 15 is 0 Å². The number of aryl methyl sites for hydroxylation is 1. The van der Waals surface area contributed by atoms with Crippen LogP contribution in [0.3, 0.4) is 0 Å². The fraction of sp³-hybridized carbons (Fsp3) is 0.143. The molecular formula is C21H14F3N3O3. The second-order valence-electron chi connectivity index (χ2n) is 6.66. The summed E-state index contributed by atoms with van der Waals surface area (Å²) in [6.07, 6.45) is -2.33. The number of fused-ring (bicyclic) bond motifs is 2. The smallest absolute Gasteiger partial charge is 0.417 e. The van der Waals surface area contributed by atoms with Crippen molar-refractivity contribution < 1.29 is 22.7 Å². The first-order valence-corrected chi connectivity index (χ1v) is 8.85. The zero-order chi connectivity index (χ0) is 21.5. The van der Waals surface area contributed by atoms with Crippen molar-refractivity contribution in [2.45, 2.75) is 19.7 Å². The van der Waals surface area contributed by atoms with E-state index in [0.29, 0.717) is 5.65 Å². The topological polar surface area (TPSA) is 73.6 Å². The van der Waals surface area contributed by atoms with Crippen LogP contribution in [0.5, 0.6) is 0 Å². The second kappa shape index (κ2) is 7.25. The number of carbonyl (C=O) groups excluding carboxylic acids is 1. The minimum Gasteiger partial charge on any atom is -0.456 e. The molecular weight excluding hydrogens is 399 g/mol. The lowest BCUT2D eigenvalue weighted by Crippen LogP contribution is -2.18. The van der Waals surface area contributed by atoms with Crippen LogP contribution in [0.25, 0.3) is 16.6 Å². The third-order valence-corrected chi connectivity index (χ3v) is 4.49. The zero-order valence-electron chi connectivity index (χ0n) is 15.6. The van der Waals surface area contributed by atoms with E-state index in [4.69, 9.17) is 4.74 Å². The van der Waals surface area contributed by atoms with E-state index in [0.717, 1.165) is 11.8 Å². The Kier molecular flexibility index (Phi) is 4.73. The maximum absolute atomic E-state index is 13.7. The van der Waals surface area contributed by atoms with Gasteiger partial charge in [0, 0.05) is 23.8 Å². The van der Waals surface area contributed by atoms with Gasteiger partial charge < -0.3 is 4.74 Å². The molecule has 0 aliphatic carbocycles. The standard InChI is InChI=1S/C21H14F3N3O3/c1-12-6-7-17-26-13(8-18(28)27(17)10-12)11-30-20(29)15-9-25-16-5-3-2-4-14(16)19(15)21(22,23)24/h2-10H,11H2,1H3. The molecule has 0 aliphatic heterocycles. The molecule has 0 saturated heterocycles. The van der Waals surface area contributed by atoms with E-state index < -0.39 is 35.4 Å². The summed E-state index contributed by atoms with van der Waals surface area (Å²) in [7, 11) is 0. The number of esters is 1. The number of nitrogens with zero attached hydrogens (tertiary/aromatic N) is 3. The number of benzene rings is 1. The lowest BCUT2D eigenvalue weighted by Gasteiger charge is -2.14. The molecule has 0 amide bonds. The van der Waals surface area contributed by atoms with Crippen molar-refractivity contribution in [1.29, 1.82) is 0 Å². The van der Waals surface area contributed by atoms with Crippen molar-refractivity contribution in [2.75, 3.05) is 0 Å². The molecule has 1 aromatic carbocycles. The van der Waals surface area contributed by atoms with Crippen molar-refractivity contribution >= 4 is 22.5 Å². The van der Waals surface area contributed by atoms with Crippen LogP contribution in [0.4, 0.5) is 13.2 Å². The molecule has 0 aliphatic rings. The highest BCUT2D eigenvalue weighted by Crippen LogP contribution is 2.37. The first-order valence-electron chi connectivity index (χ1n) is 8.85. The molecule has 0 unspecified atom stereocenters. The van der Waals surface area contributed by atoms with Crippen molar-refractivity contribution in [2.24, 2.45) is 0 Å². The summed E-state index contributed by atoms with van der Waals surface area (Å²) in [5.41, 5.74) is -0.774. The van der Waals surface area contributed by atoms with Gasteiger partial charge in [-0.1, -0.05) is 24.3 Å². The molecule has 152 valence electrons. The first-order chi connectivity index (χ1) is 14.2. The molecule has 6 nitrogen and oxygen atoms in total. The Morgan fingerprint density at radius 3 is 2.70 bits per heavy atom. The monoisotopic (exact) mass is 413 g/mol. The van der Waals surface area contributed by atoms with Crippen molar-refractivity contribution in [3.05, 3.63) is 87.6 Å². The number of rotatable bonds is 3. The van der Waals surface area contributed by atoms with Gasteiger partial charge in [-0.25, -0.2) is 9.78 Å². The van der Waals surface area contributed by atoms with Gasteiger partial charge in [-0.15, -0.1) is 0 Å². The molecule has 0 fully saturated rings. The van der Waals surface area contributed by atoms with E-state index in [9.17, 15) is 22.8 Å². The van der Waals surface area contributed by atoms with Gasteiger partial charge in [0.05, 0.1) is 22.3 Å². The van der Waals surface area contributed by atoms with Crippen LogP contribution in [0.1, 0.15) is 27.2 Å². The van der Waals surface area contributed by atoms with Crippen molar-refractivity contribution in [3.8, 4) is 0 Å². The molecule has 30 heavy (non-hydrogen) atoms. The SMILES string of the molecule is Cc1ccc2nc(COC(=O)c3cnc4ccccc4c3C(F)(F)F)cc(=O)n2c1. The molecule has 4 aromatic rings. The van der Waals surface area contributed by atoms with Crippen LogP contribution in [0.2, 0.25) is 0 Å². The molecule has 9 heteroatoms. The van der Waals surface area contributed by atoms with Crippen LogP contribution >= 0.6 is 0 Å². The number of para-hydroxylation sites is 1. The van der Waals surface area contributed by atoms with E-state index in [1.807, 2.05) is 6.92 Å². The zero-order valence-corrected chi connectivity index (χ0v) is 15.6. The third kappa shape index (κ3) is 3.61. The van der Waals surface area contributed by atoms with Crippen LogP contribution < -0.4 is 5.56 Å². The fourth-order valence-electron chi connectivity index (χ4n) is 3.15. The highest BCUT2D eigenvalue weighted by atomic mass is 19.4. The molecule has 0 N–H and O–H groups in total. The summed E-state index contributed by atoms with van der Waals surface area (Å²) in [5.74, 6) is -1.20. The molecule has 0 spiro atoms. The van der Waals surface area contributed by atoms with E-state index in [2.05, 4.69) is 9.97 Å². The van der Waals surface area contributed by atoms with E-state index in [1.165, 1.54) is 28.7 Å². The number of halogens is 3. The summed E-state index contributed by atoms with van der Waals surface area (Å²) in [6, 6.07) is 10.2. The lowest BCUT2D eigenvalue weighted by atomic mass is 10.0. The number of pyridine rings is 2. The Balaban J connectivity index is 1.67. The second-order valence-corrected chi connectivity index (χ2v) is 6.66. The molecule has 4 rings (SSSR count). The number of hydrogen-bond acceptors (Lipinski definition) is 5. The summed E-state index contributed by atoms with van der Waals surface area (Å²) in [5, 5.41) is -0.197.